The number of carbonyl (C=O) groups is 2. The normalized spacial score (nSPS) is 12.4. The molecule has 1 atom stereocenters. The van der Waals surface area contributed by atoms with E-state index in [1.807, 2.05) is 19.1 Å². The molecule has 0 fully saturated rings. The van der Waals surface area contributed by atoms with Gasteiger partial charge in [-0.15, -0.1) is 0 Å². The average Bonchev–Trinajstić information content (AvgIpc) is 2.73. The van der Waals surface area contributed by atoms with Gasteiger partial charge >= 0.3 is 5.97 Å². The second kappa shape index (κ2) is 9.64. The molecule has 2 rings (SSSR count). The van der Waals surface area contributed by atoms with Crippen molar-refractivity contribution in [3.05, 3.63) is 59.7 Å². The lowest BCUT2D eigenvalue weighted by molar-refractivity contribution is -0.123. The molecule has 0 spiro atoms. The van der Waals surface area contributed by atoms with Gasteiger partial charge in [0.05, 0.1) is 17.6 Å². The molecule has 0 radical (unpaired) electrons. The Kier molecular flexibility index (Phi) is 7.49. The van der Waals surface area contributed by atoms with Crippen molar-refractivity contribution in [1.29, 1.82) is 0 Å². The number of rotatable bonds is 8. The van der Waals surface area contributed by atoms with Gasteiger partial charge in [-0.3, -0.25) is 9.63 Å². The number of ether oxygens (including phenoxy) is 1. The molecule has 0 bridgehead atoms. The predicted octanol–water partition coefficient (Wildman–Crippen LogP) is 2.61. The topological polar surface area (TPSA) is 102 Å². The molecule has 0 aromatic heterocycles. The molecule has 2 aromatic rings. The molecular formula is C20H24N2O6S. The fourth-order valence-electron chi connectivity index (χ4n) is 2.36. The molecule has 29 heavy (non-hydrogen) atoms. The van der Waals surface area contributed by atoms with Crippen molar-refractivity contribution in [2.45, 2.75) is 31.3 Å². The van der Waals surface area contributed by atoms with Crippen LogP contribution in [-0.4, -0.2) is 45.0 Å². The van der Waals surface area contributed by atoms with Crippen LogP contribution in [0.5, 0.6) is 0 Å². The molecule has 9 heteroatoms. The van der Waals surface area contributed by atoms with E-state index in [2.05, 4.69) is 5.32 Å². The van der Waals surface area contributed by atoms with Gasteiger partial charge in [0.15, 0.2) is 6.10 Å². The summed E-state index contributed by atoms with van der Waals surface area (Å²) in [6, 6.07) is 12.5. The number of amides is 1. The summed E-state index contributed by atoms with van der Waals surface area (Å²) in [7, 11) is -1.33. The number of carbonyl (C=O) groups excluding carboxylic acids is 2. The molecule has 0 heterocycles. The molecule has 1 amide bonds. The third-order valence-corrected chi connectivity index (χ3v) is 5.96. The first-order chi connectivity index (χ1) is 13.7. The molecule has 2 aromatic carbocycles. The highest BCUT2D eigenvalue weighted by Gasteiger charge is 2.22. The van der Waals surface area contributed by atoms with E-state index in [4.69, 9.17) is 9.57 Å². The molecule has 8 nitrogen and oxygen atoms in total. The van der Waals surface area contributed by atoms with E-state index >= 15 is 0 Å². The minimum absolute atomic E-state index is 0.0419. The standard InChI is InChI=1S/C20H24N2O6S/c1-5-15-6-10-17(11-7-15)21-19(23)14(2)28-20(24)16-8-12-18(13-9-16)29(25,26)22(3)27-4/h6-14H,5H2,1-4H3,(H,21,23)/t14-/m0/s1. The number of hydrogen-bond acceptors (Lipinski definition) is 6. The third kappa shape index (κ3) is 5.63. The first kappa shape index (κ1) is 22.5. The van der Waals surface area contributed by atoms with E-state index in [0.29, 0.717) is 10.2 Å². The number of benzene rings is 2. The van der Waals surface area contributed by atoms with Crippen LogP contribution in [0.15, 0.2) is 53.4 Å². The SMILES string of the molecule is CCc1ccc(NC(=O)[C@H](C)OC(=O)c2ccc(S(=O)(=O)N(C)OC)cc2)cc1. The molecule has 156 valence electrons. The third-order valence-electron chi connectivity index (χ3n) is 4.27. The zero-order valence-electron chi connectivity index (χ0n) is 16.7. The van der Waals surface area contributed by atoms with Crippen molar-refractivity contribution in [2.75, 3.05) is 19.5 Å². The van der Waals surface area contributed by atoms with Crippen molar-refractivity contribution in [3.8, 4) is 0 Å². The summed E-state index contributed by atoms with van der Waals surface area (Å²) in [6.07, 6.45) is -0.138. The Balaban J connectivity index is 2.00. The van der Waals surface area contributed by atoms with E-state index in [1.165, 1.54) is 45.3 Å². The largest absolute Gasteiger partial charge is 0.449 e. The van der Waals surface area contributed by atoms with Crippen molar-refractivity contribution >= 4 is 27.6 Å². The van der Waals surface area contributed by atoms with Gasteiger partial charge in [0, 0.05) is 12.7 Å². The van der Waals surface area contributed by atoms with Gasteiger partial charge in [0.1, 0.15) is 0 Å². The fourth-order valence-corrected chi connectivity index (χ4v) is 3.33. The molecule has 0 aliphatic carbocycles. The molecule has 0 unspecified atom stereocenters. The van der Waals surface area contributed by atoms with Crippen LogP contribution in [0.1, 0.15) is 29.8 Å². The minimum Gasteiger partial charge on any atom is -0.449 e. The monoisotopic (exact) mass is 420 g/mol. The van der Waals surface area contributed by atoms with Crippen LogP contribution in [-0.2, 0) is 30.8 Å². The summed E-state index contributed by atoms with van der Waals surface area (Å²) in [5.74, 6) is -1.21. The van der Waals surface area contributed by atoms with Crippen LogP contribution < -0.4 is 5.32 Å². The van der Waals surface area contributed by atoms with Crippen LogP contribution >= 0.6 is 0 Å². The number of hydrogen-bond donors (Lipinski definition) is 1. The van der Waals surface area contributed by atoms with Crippen molar-refractivity contribution < 1.29 is 27.6 Å². The summed E-state index contributed by atoms with van der Waals surface area (Å²) >= 11 is 0. The Morgan fingerprint density at radius 3 is 2.17 bits per heavy atom. The van der Waals surface area contributed by atoms with E-state index < -0.39 is 28.0 Å². The Hall–Kier alpha value is -2.75. The van der Waals surface area contributed by atoms with Crippen LogP contribution in [0.4, 0.5) is 5.69 Å². The quantitative estimate of drug-likeness (QED) is 0.520. The second-order valence-electron chi connectivity index (χ2n) is 6.21. The lowest BCUT2D eigenvalue weighted by atomic mass is 10.1. The lowest BCUT2D eigenvalue weighted by Crippen LogP contribution is -2.30. The highest BCUT2D eigenvalue weighted by molar-refractivity contribution is 7.89. The molecular weight excluding hydrogens is 396 g/mol. The van der Waals surface area contributed by atoms with Gasteiger partial charge in [-0.2, -0.15) is 0 Å². The van der Waals surface area contributed by atoms with E-state index in [0.717, 1.165) is 12.0 Å². The second-order valence-corrected chi connectivity index (χ2v) is 8.14. The van der Waals surface area contributed by atoms with Gasteiger partial charge in [-0.05, 0) is 55.3 Å². The van der Waals surface area contributed by atoms with Crippen LogP contribution in [0.3, 0.4) is 0 Å². The van der Waals surface area contributed by atoms with Crippen LogP contribution in [0.2, 0.25) is 0 Å². The number of nitrogens with zero attached hydrogens (tertiary/aromatic N) is 1. The predicted molar refractivity (Wildman–Crippen MR) is 108 cm³/mol. The molecule has 1 N–H and O–H groups in total. The van der Waals surface area contributed by atoms with Crippen molar-refractivity contribution in [3.63, 3.8) is 0 Å². The summed E-state index contributed by atoms with van der Waals surface area (Å²) in [5.41, 5.74) is 1.87. The van der Waals surface area contributed by atoms with E-state index in [9.17, 15) is 18.0 Å². The molecule has 0 saturated heterocycles. The number of esters is 1. The Morgan fingerprint density at radius 2 is 1.66 bits per heavy atom. The van der Waals surface area contributed by atoms with E-state index in [1.54, 1.807) is 12.1 Å². The Morgan fingerprint density at radius 1 is 1.07 bits per heavy atom. The first-order valence-corrected chi connectivity index (χ1v) is 10.4. The summed E-state index contributed by atoms with van der Waals surface area (Å²) in [4.78, 5) is 29.2. The van der Waals surface area contributed by atoms with Crippen molar-refractivity contribution in [2.24, 2.45) is 0 Å². The lowest BCUT2D eigenvalue weighted by Gasteiger charge is -2.15. The molecule has 0 saturated carbocycles. The summed E-state index contributed by atoms with van der Waals surface area (Å²) in [5, 5.41) is 2.68. The minimum atomic E-state index is -3.81. The fraction of sp³-hybridized carbons (Fsp3) is 0.300. The van der Waals surface area contributed by atoms with E-state index in [-0.39, 0.29) is 10.5 Å². The number of hydroxylamine groups is 1. The highest BCUT2D eigenvalue weighted by Crippen LogP contribution is 2.16. The number of sulfonamides is 1. The van der Waals surface area contributed by atoms with Crippen LogP contribution in [0, 0.1) is 0 Å². The maximum atomic E-state index is 12.3. The zero-order valence-corrected chi connectivity index (χ0v) is 17.5. The Bertz CT molecular complexity index is 955. The number of anilines is 1. The van der Waals surface area contributed by atoms with Gasteiger partial charge in [0.25, 0.3) is 15.9 Å². The molecule has 0 aliphatic heterocycles. The number of nitrogens with one attached hydrogen (secondary N) is 1. The van der Waals surface area contributed by atoms with Gasteiger partial charge in [-0.1, -0.05) is 23.5 Å². The highest BCUT2D eigenvalue weighted by atomic mass is 32.2. The van der Waals surface area contributed by atoms with Crippen molar-refractivity contribution in [1.82, 2.24) is 4.47 Å². The number of aryl methyl sites for hydroxylation is 1. The maximum Gasteiger partial charge on any atom is 0.338 e. The maximum absolute atomic E-state index is 12.3. The summed E-state index contributed by atoms with van der Waals surface area (Å²) < 4.78 is 30.2. The van der Waals surface area contributed by atoms with Gasteiger partial charge in [-0.25, -0.2) is 13.2 Å². The smallest absolute Gasteiger partial charge is 0.338 e. The first-order valence-electron chi connectivity index (χ1n) is 8.93. The van der Waals surface area contributed by atoms with Gasteiger partial charge < -0.3 is 10.1 Å². The Labute approximate surface area is 170 Å². The zero-order chi connectivity index (χ0) is 21.6. The molecule has 0 aliphatic rings. The average molecular weight is 420 g/mol. The van der Waals surface area contributed by atoms with Gasteiger partial charge in [0.2, 0.25) is 0 Å². The van der Waals surface area contributed by atoms with Crippen LogP contribution in [0.25, 0.3) is 0 Å². The summed E-state index contributed by atoms with van der Waals surface area (Å²) in [6.45, 7) is 3.49.